The van der Waals surface area contributed by atoms with Gasteiger partial charge in [0.1, 0.15) is 0 Å². The first-order valence-corrected chi connectivity index (χ1v) is 10.3. The fraction of sp³-hybridized carbons (Fsp3) is 0.318. The molecule has 1 spiro atoms. The topological polar surface area (TPSA) is 35.6 Å². The molecule has 5 rings (SSSR count). The summed E-state index contributed by atoms with van der Waals surface area (Å²) in [6.45, 7) is 5.57. The Morgan fingerprint density at radius 3 is 2.63 bits per heavy atom. The number of urea groups is 1. The minimum atomic E-state index is 0.0625. The lowest BCUT2D eigenvalue weighted by molar-refractivity contribution is -0.0983. The number of thiophene rings is 1. The molecule has 0 atom stereocenters. The van der Waals surface area contributed by atoms with Crippen molar-refractivity contribution in [3.63, 3.8) is 0 Å². The third kappa shape index (κ3) is 3.33. The molecule has 0 aliphatic carbocycles. The standard InChI is InChI=1S/C22H23N3OS/c26-21(23-11-18-6-7-20-19(10-18)8-9-27-20)25-15-22(16-25)13-24(14-22)12-17-4-2-1-3-5-17/h1-10H,11-16H2,(H,23,26). The van der Waals surface area contributed by atoms with Gasteiger partial charge in [0.2, 0.25) is 0 Å². The van der Waals surface area contributed by atoms with Crippen molar-refractivity contribution >= 4 is 27.5 Å². The summed E-state index contributed by atoms with van der Waals surface area (Å²) in [5, 5.41) is 6.43. The predicted octanol–water partition coefficient (Wildman–Crippen LogP) is 3.93. The third-order valence-electron chi connectivity index (χ3n) is 5.67. The maximum absolute atomic E-state index is 12.4. The summed E-state index contributed by atoms with van der Waals surface area (Å²) >= 11 is 1.75. The molecule has 2 aromatic carbocycles. The van der Waals surface area contributed by atoms with Gasteiger partial charge in [0.15, 0.2) is 0 Å². The Morgan fingerprint density at radius 1 is 1.00 bits per heavy atom. The van der Waals surface area contributed by atoms with Crippen LogP contribution in [-0.4, -0.2) is 42.0 Å². The van der Waals surface area contributed by atoms with E-state index in [0.717, 1.165) is 38.3 Å². The monoisotopic (exact) mass is 377 g/mol. The fourth-order valence-corrected chi connectivity index (χ4v) is 5.15. The molecule has 4 nitrogen and oxygen atoms in total. The summed E-state index contributed by atoms with van der Waals surface area (Å²) in [5.41, 5.74) is 2.85. The van der Waals surface area contributed by atoms with Gasteiger partial charge in [0.25, 0.3) is 0 Å². The number of hydrogen-bond acceptors (Lipinski definition) is 3. The number of hydrogen-bond donors (Lipinski definition) is 1. The van der Waals surface area contributed by atoms with Crippen molar-refractivity contribution in [3.05, 3.63) is 71.1 Å². The molecule has 2 aliphatic rings. The maximum atomic E-state index is 12.4. The number of carbonyl (C=O) groups is 1. The molecule has 138 valence electrons. The van der Waals surface area contributed by atoms with E-state index in [2.05, 4.69) is 70.2 Å². The molecule has 1 aromatic heterocycles. The van der Waals surface area contributed by atoms with E-state index in [9.17, 15) is 4.79 Å². The van der Waals surface area contributed by atoms with Gasteiger partial charge >= 0.3 is 6.03 Å². The summed E-state index contributed by atoms with van der Waals surface area (Å²) in [5.74, 6) is 0. The summed E-state index contributed by atoms with van der Waals surface area (Å²) < 4.78 is 1.29. The molecule has 2 fully saturated rings. The van der Waals surface area contributed by atoms with Gasteiger partial charge in [-0.1, -0.05) is 36.4 Å². The highest BCUT2D eigenvalue weighted by Gasteiger charge is 2.52. The lowest BCUT2D eigenvalue weighted by atomic mass is 9.73. The molecule has 27 heavy (non-hydrogen) atoms. The molecule has 5 heteroatoms. The Kier molecular flexibility index (Phi) is 4.14. The number of likely N-dealkylation sites (tertiary alicyclic amines) is 2. The van der Waals surface area contributed by atoms with Crippen molar-refractivity contribution < 1.29 is 4.79 Å². The van der Waals surface area contributed by atoms with Crippen molar-refractivity contribution in [2.45, 2.75) is 13.1 Å². The van der Waals surface area contributed by atoms with E-state index in [1.165, 1.54) is 15.6 Å². The van der Waals surface area contributed by atoms with E-state index >= 15 is 0 Å². The quantitative estimate of drug-likeness (QED) is 0.748. The Morgan fingerprint density at radius 2 is 1.81 bits per heavy atom. The zero-order chi connectivity index (χ0) is 18.3. The highest BCUT2D eigenvalue weighted by atomic mass is 32.1. The van der Waals surface area contributed by atoms with Crippen LogP contribution in [-0.2, 0) is 13.1 Å². The van der Waals surface area contributed by atoms with Crippen molar-refractivity contribution in [2.75, 3.05) is 26.2 Å². The van der Waals surface area contributed by atoms with Gasteiger partial charge in [-0.25, -0.2) is 4.79 Å². The SMILES string of the molecule is O=C(NCc1ccc2sccc2c1)N1CC2(CN(Cc3ccccc3)C2)C1. The molecule has 2 aliphatic heterocycles. The van der Waals surface area contributed by atoms with Crippen LogP contribution in [0.3, 0.4) is 0 Å². The summed E-state index contributed by atoms with van der Waals surface area (Å²) in [4.78, 5) is 16.8. The highest BCUT2D eigenvalue weighted by molar-refractivity contribution is 7.17. The van der Waals surface area contributed by atoms with Gasteiger partial charge in [-0.2, -0.15) is 0 Å². The smallest absolute Gasteiger partial charge is 0.317 e. The number of fused-ring (bicyclic) bond motifs is 1. The van der Waals surface area contributed by atoms with Crippen molar-refractivity contribution in [1.82, 2.24) is 15.1 Å². The molecule has 0 unspecified atom stereocenters. The van der Waals surface area contributed by atoms with E-state index in [0.29, 0.717) is 12.0 Å². The van der Waals surface area contributed by atoms with E-state index < -0.39 is 0 Å². The zero-order valence-electron chi connectivity index (χ0n) is 15.2. The van der Waals surface area contributed by atoms with E-state index in [-0.39, 0.29) is 6.03 Å². The van der Waals surface area contributed by atoms with Gasteiger partial charge in [-0.15, -0.1) is 11.3 Å². The largest absolute Gasteiger partial charge is 0.334 e. The van der Waals surface area contributed by atoms with Gasteiger partial charge in [-0.3, -0.25) is 4.90 Å². The number of carbonyl (C=O) groups excluding carboxylic acids is 1. The highest BCUT2D eigenvalue weighted by Crippen LogP contribution is 2.40. The van der Waals surface area contributed by atoms with Crippen LogP contribution in [0, 0.1) is 5.41 Å². The summed E-state index contributed by atoms with van der Waals surface area (Å²) in [7, 11) is 0. The number of rotatable bonds is 4. The van der Waals surface area contributed by atoms with E-state index in [4.69, 9.17) is 0 Å². The average Bonchev–Trinajstić information content (AvgIpc) is 3.09. The van der Waals surface area contributed by atoms with Gasteiger partial charge in [-0.05, 0) is 40.1 Å². The van der Waals surface area contributed by atoms with Crippen LogP contribution in [0.1, 0.15) is 11.1 Å². The second-order valence-electron chi connectivity index (χ2n) is 7.94. The lowest BCUT2D eigenvalue weighted by Gasteiger charge is -2.60. The van der Waals surface area contributed by atoms with Crippen LogP contribution >= 0.6 is 11.3 Å². The van der Waals surface area contributed by atoms with Crippen LogP contribution in [0.2, 0.25) is 0 Å². The molecule has 3 aromatic rings. The Hall–Kier alpha value is -2.37. The number of nitrogens with one attached hydrogen (secondary N) is 1. The predicted molar refractivity (Wildman–Crippen MR) is 110 cm³/mol. The molecule has 1 N–H and O–H groups in total. The van der Waals surface area contributed by atoms with Crippen molar-refractivity contribution in [2.24, 2.45) is 5.41 Å². The first-order valence-electron chi connectivity index (χ1n) is 9.44. The number of benzene rings is 2. The lowest BCUT2D eigenvalue weighted by Crippen LogP contribution is -2.73. The molecule has 2 amide bonds. The Labute approximate surface area is 163 Å². The van der Waals surface area contributed by atoms with Gasteiger partial charge < -0.3 is 10.2 Å². The van der Waals surface area contributed by atoms with E-state index in [1.807, 2.05) is 4.90 Å². The molecule has 2 saturated heterocycles. The van der Waals surface area contributed by atoms with Crippen LogP contribution in [0.15, 0.2) is 60.0 Å². The van der Waals surface area contributed by atoms with Crippen LogP contribution in [0.25, 0.3) is 10.1 Å². The average molecular weight is 378 g/mol. The Bertz CT molecular complexity index is 954. The van der Waals surface area contributed by atoms with Crippen LogP contribution in [0.4, 0.5) is 4.79 Å². The number of amides is 2. The summed E-state index contributed by atoms with van der Waals surface area (Å²) in [6.07, 6.45) is 0. The van der Waals surface area contributed by atoms with E-state index in [1.54, 1.807) is 11.3 Å². The Balaban J connectivity index is 1.08. The minimum absolute atomic E-state index is 0.0625. The molecule has 3 heterocycles. The zero-order valence-corrected chi connectivity index (χ0v) is 16.0. The molecule has 0 bridgehead atoms. The number of nitrogens with zero attached hydrogens (tertiary/aromatic N) is 2. The van der Waals surface area contributed by atoms with Crippen molar-refractivity contribution in [3.8, 4) is 0 Å². The second kappa shape index (κ2) is 6.66. The third-order valence-corrected chi connectivity index (χ3v) is 6.57. The van der Waals surface area contributed by atoms with Crippen LogP contribution in [0.5, 0.6) is 0 Å². The molecular weight excluding hydrogens is 354 g/mol. The fourth-order valence-electron chi connectivity index (χ4n) is 4.38. The van der Waals surface area contributed by atoms with Crippen molar-refractivity contribution in [1.29, 1.82) is 0 Å². The first-order chi connectivity index (χ1) is 13.2. The summed E-state index contributed by atoms with van der Waals surface area (Å²) in [6, 6.07) is 19.2. The molecule has 0 radical (unpaired) electrons. The van der Waals surface area contributed by atoms with Gasteiger partial charge in [0.05, 0.1) is 0 Å². The second-order valence-corrected chi connectivity index (χ2v) is 8.89. The minimum Gasteiger partial charge on any atom is -0.334 e. The van der Waals surface area contributed by atoms with Crippen LogP contribution < -0.4 is 5.32 Å². The normalized spacial score (nSPS) is 18.3. The molecule has 0 saturated carbocycles. The molecular formula is C22H23N3OS. The maximum Gasteiger partial charge on any atom is 0.317 e. The van der Waals surface area contributed by atoms with Gasteiger partial charge in [0, 0.05) is 49.4 Å². The first kappa shape index (κ1) is 16.8.